The molecule has 2 nitrogen and oxygen atoms in total. The van der Waals surface area contributed by atoms with Crippen molar-refractivity contribution < 1.29 is 9.90 Å². The molecule has 1 aromatic rings. The van der Waals surface area contributed by atoms with E-state index in [1.54, 1.807) is 17.4 Å². The summed E-state index contributed by atoms with van der Waals surface area (Å²) in [4.78, 5) is 12.0. The van der Waals surface area contributed by atoms with Crippen LogP contribution in [0, 0.1) is 0 Å². The second-order valence-corrected chi connectivity index (χ2v) is 4.65. The highest BCUT2D eigenvalue weighted by molar-refractivity contribution is 7.10. The van der Waals surface area contributed by atoms with Crippen LogP contribution in [0.25, 0.3) is 0 Å². The molecule has 0 aliphatic heterocycles. The van der Waals surface area contributed by atoms with Crippen molar-refractivity contribution in [2.24, 2.45) is 0 Å². The number of hydrogen-bond acceptors (Lipinski definition) is 2. The minimum Gasteiger partial charge on any atom is -0.478 e. The van der Waals surface area contributed by atoms with E-state index in [0.717, 1.165) is 17.7 Å². The van der Waals surface area contributed by atoms with Gasteiger partial charge in [-0.2, -0.15) is 0 Å². The van der Waals surface area contributed by atoms with Gasteiger partial charge in [0.05, 0.1) is 5.56 Å². The van der Waals surface area contributed by atoms with Crippen LogP contribution < -0.4 is 0 Å². The van der Waals surface area contributed by atoms with Crippen LogP contribution in [0.2, 0.25) is 0 Å². The van der Waals surface area contributed by atoms with Gasteiger partial charge in [-0.3, -0.25) is 0 Å². The van der Waals surface area contributed by atoms with E-state index in [9.17, 15) is 4.79 Å². The van der Waals surface area contributed by atoms with Gasteiger partial charge in [-0.05, 0) is 24.3 Å². The van der Waals surface area contributed by atoms with Crippen LogP contribution in [0.4, 0.5) is 0 Å². The fourth-order valence-electron chi connectivity index (χ4n) is 1.52. The van der Waals surface area contributed by atoms with E-state index in [4.69, 9.17) is 5.11 Å². The van der Waals surface area contributed by atoms with Crippen LogP contribution in [-0.2, 0) is 5.41 Å². The molecule has 0 bridgehead atoms. The number of carbonyl (C=O) groups is 1. The van der Waals surface area contributed by atoms with Gasteiger partial charge in [-0.1, -0.05) is 20.8 Å². The predicted octanol–water partition coefficient (Wildman–Crippen LogP) is 3.52. The molecular weight excluding hydrogens is 196 g/mol. The van der Waals surface area contributed by atoms with E-state index in [2.05, 4.69) is 20.8 Å². The molecule has 0 aliphatic rings. The van der Waals surface area contributed by atoms with Gasteiger partial charge in [0.15, 0.2) is 0 Å². The highest BCUT2D eigenvalue weighted by atomic mass is 32.1. The molecule has 0 aromatic carbocycles. The van der Waals surface area contributed by atoms with Crippen LogP contribution in [0.5, 0.6) is 0 Å². The normalized spacial score (nSPS) is 11.6. The maximum Gasteiger partial charge on any atom is 0.336 e. The Morgan fingerprint density at radius 3 is 2.50 bits per heavy atom. The first kappa shape index (κ1) is 11.2. The van der Waals surface area contributed by atoms with Crippen molar-refractivity contribution in [2.75, 3.05) is 0 Å². The molecule has 0 saturated carbocycles. The van der Waals surface area contributed by atoms with Crippen molar-refractivity contribution in [3.63, 3.8) is 0 Å². The van der Waals surface area contributed by atoms with Crippen molar-refractivity contribution in [3.8, 4) is 0 Å². The number of carboxylic acids is 1. The molecule has 0 fully saturated rings. The zero-order chi connectivity index (χ0) is 10.8. The van der Waals surface area contributed by atoms with Gasteiger partial charge in [0.25, 0.3) is 0 Å². The molecule has 0 spiro atoms. The first-order valence-corrected chi connectivity index (χ1v) is 5.74. The van der Waals surface area contributed by atoms with E-state index in [1.165, 1.54) is 0 Å². The minimum absolute atomic E-state index is 0.0158. The Morgan fingerprint density at radius 1 is 1.50 bits per heavy atom. The van der Waals surface area contributed by atoms with Gasteiger partial charge in [0.1, 0.15) is 0 Å². The molecule has 3 heteroatoms. The first-order chi connectivity index (χ1) is 6.55. The molecule has 1 aromatic heterocycles. The second kappa shape index (κ2) is 4.13. The molecule has 78 valence electrons. The number of carboxylic acid groups (broad SMARTS) is 1. The minimum atomic E-state index is -0.811. The molecule has 0 atom stereocenters. The van der Waals surface area contributed by atoms with Gasteiger partial charge in [-0.15, -0.1) is 11.3 Å². The molecule has 1 rings (SSSR count). The van der Waals surface area contributed by atoms with Crippen LogP contribution in [0.3, 0.4) is 0 Å². The van der Waals surface area contributed by atoms with Gasteiger partial charge in [0, 0.05) is 10.3 Å². The summed E-state index contributed by atoms with van der Waals surface area (Å²) in [6, 6.07) is 1.70. The Balaban J connectivity index is 3.17. The third-order valence-corrected chi connectivity index (χ3v) is 4.23. The Kier molecular flexibility index (Phi) is 3.32. The fraction of sp³-hybridized carbons (Fsp3) is 0.545. The number of hydrogen-bond donors (Lipinski definition) is 1. The lowest BCUT2D eigenvalue weighted by atomic mass is 9.81. The zero-order valence-corrected chi connectivity index (χ0v) is 9.65. The standard InChI is InChI=1S/C11H16O2S/c1-4-11(3,5-2)9-8(10(12)13)6-7-14-9/h6-7H,4-5H2,1-3H3,(H,12,13). The topological polar surface area (TPSA) is 37.3 Å². The van der Waals surface area contributed by atoms with E-state index >= 15 is 0 Å². The van der Waals surface area contributed by atoms with Gasteiger partial charge >= 0.3 is 5.97 Å². The quantitative estimate of drug-likeness (QED) is 0.829. The molecular formula is C11H16O2S. The zero-order valence-electron chi connectivity index (χ0n) is 8.83. The summed E-state index contributed by atoms with van der Waals surface area (Å²) >= 11 is 1.55. The Labute approximate surface area is 88.6 Å². The third kappa shape index (κ3) is 1.82. The maximum atomic E-state index is 11.0. The highest BCUT2D eigenvalue weighted by Gasteiger charge is 2.28. The predicted molar refractivity (Wildman–Crippen MR) is 59.2 cm³/mol. The van der Waals surface area contributed by atoms with E-state index < -0.39 is 5.97 Å². The molecule has 0 radical (unpaired) electrons. The molecule has 1 N–H and O–H groups in total. The summed E-state index contributed by atoms with van der Waals surface area (Å²) in [6.07, 6.45) is 1.95. The first-order valence-electron chi connectivity index (χ1n) is 4.86. The Bertz CT molecular complexity index is 324. The van der Waals surface area contributed by atoms with Crippen molar-refractivity contribution in [2.45, 2.75) is 39.0 Å². The van der Waals surface area contributed by atoms with Gasteiger partial charge in [0.2, 0.25) is 0 Å². The average molecular weight is 212 g/mol. The van der Waals surface area contributed by atoms with E-state index in [1.807, 2.05) is 5.38 Å². The summed E-state index contributed by atoms with van der Waals surface area (Å²) in [5.74, 6) is -0.811. The molecule has 0 aliphatic carbocycles. The average Bonchev–Trinajstić information content (AvgIpc) is 2.65. The second-order valence-electron chi connectivity index (χ2n) is 3.74. The number of rotatable bonds is 4. The SMILES string of the molecule is CCC(C)(CC)c1sccc1C(=O)O. The third-order valence-electron chi connectivity index (χ3n) is 3.00. The van der Waals surface area contributed by atoms with E-state index in [0.29, 0.717) is 5.56 Å². The number of aromatic carboxylic acids is 1. The van der Waals surface area contributed by atoms with Crippen LogP contribution in [0.15, 0.2) is 11.4 Å². The van der Waals surface area contributed by atoms with Crippen molar-refractivity contribution in [1.29, 1.82) is 0 Å². The molecule has 1 heterocycles. The van der Waals surface area contributed by atoms with E-state index in [-0.39, 0.29) is 5.41 Å². The summed E-state index contributed by atoms with van der Waals surface area (Å²) < 4.78 is 0. The fourth-order valence-corrected chi connectivity index (χ4v) is 2.71. The Hall–Kier alpha value is -0.830. The molecule has 0 saturated heterocycles. The molecule has 0 amide bonds. The summed E-state index contributed by atoms with van der Waals surface area (Å²) in [7, 11) is 0. The summed E-state index contributed by atoms with van der Waals surface area (Å²) in [5, 5.41) is 10.9. The van der Waals surface area contributed by atoms with Crippen LogP contribution in [-0.4, -0.2) is 11.1 Å². The number of thiophene rings is 1. The summed E-state index contributed by atoms with van der Waals surface area (Å²) in [5.41, 5.74) is 0.489. The lowest BCUT2D eigenvalue weighted by molar-refractivity contribution is 0.0694. The maximum absolute atomic E-state index is 11.0. The van der Waals surface area contributed by atoms with Crippen LogP contribution >= 0.6 is 11.3 Å². The van der Waals surface area contributed by atoms with Crippen LogP contribution in [0.1, 0.15) is 48.8 Å². The van der Waals surface area contributed by atoms with Crippen molar-refractivity contribution >= 4 is 17.3 Å². The van der Waals surface area contributed by atoms with Crippen molar-refractivity contribution in [1.82, 2.24) is 0 Å². The van der Waals surface area contributed by atoms with Crippen molar-refractivity contribution in [3.05, 3.63) is 21.9 Å². The monoisotopic (exact) mass is 212 g/mol. The van der Waals surface area contributed by atoms with Gasteiger partial charge in [-0.25, -0.2) is 4.79 Å². The molecule has 14 heavy (non-hydrogen) atoms. The Morgan fingerprint density at radius 2 is 2.07 bits per heavy atom. The lowest BCUT2D eigenvalue weighted by Gasteiger charge is -2.26. The largest absolute Gasteiger partial charge is 0.478 e. The summed E-state index contributed by atoms with van der Waals surface area (Å²) in [6.45, 7) is 6.34. The lowest BCUT2D eigenvalue weighted by Crippen LogP contribution is -2.20. The van der Waals surface area contributed by atoms with Gasteiger partial charge < -0.3 is 5.11 Å². The smallest absolute Gasteiger partial charge is 0.336 e. The molecule has 0 unspecified atom stereocenters. The highest BCUT2D eigenvalue weighted by Crippen LogP contribution is 2.36.